The fraction of sp³-hybridized carbons (Fsp3) is 0.385. The van der Waals surface area contributed by atoms with E-state index in [1.165, 1.54) is 5.56 Å². The maximum absolute atomic E-state index is 5.73. The average Bonchev–Trinajstić information content (AvgIpc) is 2.24. The molecule has 0 atom stereocenters. The Hall–Kier alpha value is -0.320. The van der Waals surface area contributed by atoms with Crippen molar-refractivity contribution < 1.29 is 4.74 Å². The second-order valence-electron chi connectivity index (χ2n) is 3.97. The van der Waals surface area contributed by atoms with Crippen LogP contribution in [0.25, 0.3) is 0 Å². The van der Waals surface area contributed by atoms with Crippen LogP contribution in [0, 0.1) is 0 Å². The molecule has 1 aromatic carbocycles. The van der Waals surface area contributed by atoms with Crippen LogP contribution in [0.4, 0.5) is 0 Å². The molecule has 0 spiro atoms. The maximum atomic E-state index is 5.73. The van der Waals surface area contributed by atoms with Gasteiger partial charge in [0.05, 0.1) is 15.0 Å². The summed E-state index contributed by atoms with van der Waals surface area (Å²) < 4.78 is 7.66. The van der Waals surface area contributed by atoms with Gasteiger partial charge in [-0.1, -0.05) is 6.08 Å². The largest absolute Gasteiger partial charge is 0.489 e. The summed E-state index contributed by atoms with van der Waals surface area (Å²) in [4.78, 5) is 0. The van der Waals surface area contributed by atoms with Crippen molar-refractivity contribution in [2.75, 3.05) is 6.54 Å². The van der Waals surface area contributed by atoms with E-state index in [9.17, 15) is 0 Å². The molecule has 0 aliphatic rings. The molecule has 0 saturated carbocycles. The molecule has 0 amide bonds. The molecular formula is C13H17Br2NO. The Balaban J connectivity index is 2.81. The Morgan fingerprint density at radius 3 is 2.41 bits per heavy atom. The van der Waals surface area contributed by atoms with E-state index in [4.69, 9.17) is 4.74 Å². The highest BCUT2D eigenvalue weighted by Gasteiger charge is 2.10. The summed E-state index contributed by atoms with van der Waals surface area (Å²) in [6, 6.07) is 4.14. The summed E-state index contributed by atoms with van der Waals surface area (Å²) in [6.45, 7) is 9.31. The van der Waals surface area contributed by atoms with Crippen LogP contribution < -0.4 is 10.1 Å². The minimum Gasteiger partial charge on any atom is -0.489 e. The van der Waals surface area contributed by atoms with Gasteiger partial charge in [-0.05, 0) is 63.4 Å². The van der Waals surface area contributed by atoms with Crippen LogP contribution in [-0.4, -0.2) is 12.6 Å². The predicted molar refractivity (Wildman–Crippen MR) is 79.5 cm³/mol. The minimum atomic E-state index is 0.160. The van der Waals surface area contributed by atoms with Crippen LogP contribution in [0.5, 0.6) is 5.75 Å². The van der Waals surface area contributed by atoms with Gasteiger partial charge in [0, 0.05) is 13.1 Å². The summed E-state index contributed by atoms with van der Waals surface area (Å²) in [7, 11) is 0. The van der Waals surface area contributed by atoms with E-state index >= 15 is 0 Å². The molecule has 2 nitrogen and oxygen atoms in total. The van der Waals surface area contributed by atoms with Gasteiger partial charge in [0.2, 0.25) is 0 Å². The lowest BCUT2D eigenvalue weighted by Gasteiger charge is -2.15. The normalized spacial score (nSPS) is 10.6. The molecule has 4 heteroatoms. The van der Waals surface area contributed by atoms with Crippen molar-refractivity contribution in [3.8, 4) is 5.75 Å². The van der Waals surface area contributed by atoms with Gasteiger partial charge in [0.15, 0.2) is 0 Å². The number of hydrogen-bond donors (Lipinski definition) is 1. The summed E-state index contributed by atoms with van der Waals surface area (Å²) in [5, 5.41) is 3.27. The molecule has 1 rings (SSSR count). The van der Waals surface area contributed by atoms with Crippen molar-refractivity contribution in [1.82, 2.24) is 5.32 Å². The minimum absolute atomic E-state index is 0.160. The van der Waals surface area contributed by atoms with Crippen LogP contribution >= 0.6 is 31.9 Å². The highest BCUT2D eigenvalue weighted by molar-refractivity contribution is 9.11. The fourth-order valence-corrected chi connectivity index (χ4v) is 2.85. The van der Waals surface area contributed by atoms with Crippen molar-refractivity contribution in [2.24, 2.45) is 0 Å². The van der Waals surface area contributed by atoms with Crippen molar-refractivity contribution in [2.45, 2.75) is 26.5 Å². The molecule has 17 heavy (non-hydrogen) atoms. The highest BCUT2D eigenvalue weighted by Crippen LogP contribution is 2.35. The van der Waals surface area contributed by atoms with Gasteiger partial charge in [-0.2, -0.15) is 0 Å². The summed E-state index contributed by atoms with van der Waals surface area (Å²) in [5.41, 5.74) is 1.20. The Bertz CT molecular complexity index is 368. The first-order chi connectivity index (χ1) is 8.04. The second-order valence-corrected chi connectivity index (χ2v) is 5.68. The third-order valence-corrected chi connectivity index (χ3v) is 3.21. The zero-order valence-corrected chi connectivity index (χ0v) is 13.3. The van der Waals surface area contributed by atoms with Crippen molar-refractivity contribution in [3.63, 3.8) is 0 Å². The van der Waals surface area contributed by atoms with Gasteiger partial charge in [-0.15, -0.1) is 6.58 Å². The van der Waals surface area contributed by atoms with E-state index in [0.29, 0.717) is 0 Å². The number of ether oxygens (including phenoxy) is 1. The lowest BCUT2D eigenvalue weighted by molar-refractivity contribution is 0.239. The fourth-order valence-electron chi connectivity index (χ4n) is 1.38. The Morgan fingerprint density at radius 2 is 1.94 bits per heavy atom. The quantitative estimate of drug-likeness (QED) is 0.602. The first-order valence-electron chi connectivity index (χ1n) is 5.50. The molecule has 0 radical (unpaired) electrons. The van der Waals surface area contributed by atoms with E-state index in [0.717, 1.165) is 27.8 Å². The van der Waals surface area contributed by atoms with E-state index in [1.807, 2.05) is 19.9 Å². The number of halogens is 2. The molecule has 0 aliphatic carbocycles. The molecule has 0 aromatic heterocycles. The number of rotatable bonds is 6. The topological polar surface area (TPSA) is 21.3 Å². The van der Waals surface area contributed by atoms with E-state index < -0.39 is 0 Å². The van der Waals surface area contributed by atoms with Crippen LogP contribution in [0.1, 0.15) is 19.4 Å². The number of nitrogens with one attached hydrogen (secondary N) is 1. The SMILES string of the molecule is C=CCNCc1cc(Br)c(OC(C)C)c(Br)c1. The average molecular weight is 363 g/mol. The summed E-state index contributed by atoms with van der Waals surface area (Å²) in [5.74, 6) is 0.854. The zero-order valence-electron chi connectivity index (χ0n) is 10.1. The van der Waals surface area contributed by atoms with Crippen molar-refractivity contribution in [3.05, 3.63) is 39.3 Å². The van der Waals surface area contributed by atoms with E-state index in [1.54, 1.807) is 0 Å². The Labute approximate surface area is 120 Å². The summed E-state index contributed by atoms with van der Waals surface area (Å²) >= 11 is 7.06. The molecule has 94 valence electrons. The van der Waals surface area contributed by atoms with E-state index in [2.05, 4.69) is 55.9 Å². The Morgan fingerprint density at radius 1 is 1.35 bits per heavy atom. The van der Waals surface area contributed by atoms with E-state index in [-0.39, 0.29) is 6.10 Å². The first-order valence-corrected chi connectivity index (χ1v) is 7.09. The van der Waals surface area contributed by atoms with Crippen LogP contribution in [0.15, 0.2) is 33.7 Å². The van der Waals surface area contributed by atoms with Gasteiger partial charge in [0.1, 0.15) is 5.75 Å². The monoisotopic (exact) mass is 361 g/mol. The van der Waals surface area contributed by atoms with Gasteiger partial charge in [0.25, 0.3) is 0 Å². The molecule has 0 saturated heterocycles. The second kappa shape index (κ2) is 7.19. The third-order valence-electron chi connectivity index (χ3n) is 2.03. The van der Waals surface area contributed by atoms with Crippen LogP contribution in [0.2, 0.25) is 0 Å². The highest BCUT2D eigenvalue weighted by atomic mass is 79.9. The molecule has 0 heterocycles. The molecule has 0 unspecified atom stereocenters. The lowest BCUT2D eigenvalue weighted by Crippen LogP contribution is -2.13. The van der Waals surface area contributed by atoms with Gasteiger partial charge in [-0.3, -0.25) is 0 Å². The zero-order chi connectivity index (χ0) is 12.8. The number of hydrogen-bond acceptors (Lipinski definition) is 2. The molecule has 0 bridgehead atoms. The predicted octanol–water partition coefficient (Wildman–Crippen LogP) is 4.27. The van der Waals surface area contributed by atoms with Gasteiger partial charge < -0.3 is 10.1 Å². The molecule has 1 aromatic rings. The maximum Gasteiger partial charge on any atom is 0.148 e. The first kappa shape index (κ1) is 14.7. The Kier molecular flexibility index (Phi) is 6.23. The number of benzene rings is 1. The smallest absolute Gasteiger partial charge is 0.148 e. The lowest BCUT2D eigenvalue weighted by atomic mass is 10.2. The van der Waals surface area contributed by atoms with Crippen molar-refractivity contribution in [1.29, 1.82) is 0 Å². The molecular weight excluding hydrogens is 346 g/mol. The van der Waals surface area contributed by atoms with Crippen molar-refractivity contribution >= 4 is 31.9 Å². The van der Waals surface area contributed by atoms with Gasteiger partial charge in [-0.25, -0.2) is 0 Å². The standard InChI is InChI=1S/C13H17Br2NO/c1-4-5-16-8-10-6-11(14)13(12(15)7-10)17-9(2)3/h4,6-7,9,16H,1,5,8H2,2-3H3. The molecule has 0 aliphatic heterocycles. The van der Waals surface area contributed by atoms with Crippen LogP contribution in [-0.2, 0) is 6.54 Å². The molecule has 1 N–H and O–H groups in total. The molecule has 0 fully saturated rings. The van der Waals surface area contributed by atoms with Gasteiger partial charge >= 0.3 is 0 Å². The summed E-state index contributed by atoms with van der Waals surface area (Å²) in [6.07, 6.45) is 2.01. The van der Waals surface area contributed by atoms with Crippen LogP contribution in [0.3, 0.4) is 0 Å². The third kappa shape index (κ3) is 4.82.